The van der Waals surface area contributed by atoms with Crippen molar-refractivity contribution in [3.63, 3.8) is 0 Å². The lowest BCUT2D eigenvalue weighted by molar-refractivity contribution is -0.274. The van der Waals surface area contributed by atoms with Gasteiger partial charge in [-0.2, -0.15) is 0 Å². The Bertz CT molecular complexity index is 1080. The quantitative estimate of drug-likeness (QED) is 0.455. The van der Waals surface area contributed by atoms with Gasteiger partial charge in [0.1, 0.15) is 11.5 Å². The summed E-state index contributed by atoms with van der Waals surface area (Å²) in [5.41, 5.74) is -0.0771. The highest BCUT2D eigenvalue weighted by Gasteiger charge is 2.35. The van der Waals surface area contributed by atoms with Crippen molar-refractivity contribution in [2.24, 2.45) is 0 Å². The third-order valence-corrected chi connectivity index (χ3v) is 5.69. The van der Waals surface area contributed by atoms with E-state index in [4.69, 9.17) is 4.74 Å². The maximum atomic E-state index is 13.2. The predicted molar refractivity (Wildman–Crippen MR) is 116 cm³/mol. The molecular formula is C25H24F3NO3. The average Bonchev–Trinajstić information content (AvgIpc) is 2.78. The van der Waals surface area contributed by atoms with Gasteiger partial charge in [-0.15, -0.1) is 13.2 Å². The Labute approximate surface area is 184 Å². The van der Waals surface area contributed by atoms with E-state index in [-0.39, 0.29) is 11.6 Å². The van der Waals surface area contributed by atoms with Crippen molar-refractivity contribution in [2.75, 3.05) is 13.2 Å². The topological polar surface area (TPSA) is 38.8 Å². The second-order valence-electron chi connectivity index (χ2n) is 7.81. The van der Waals surface area contributed by atoms with Crippen LogP contribution in [0.15, 0.2) is 66.7 Å². The Hall–Kier alpha value is -3.22. The summed E-state index contributed by atoms with van der Waals surface area (Å²) in [7, 11) is 0. The fourth-order valence-electron chi connectivity index (χ4n) is 4.21. The Morgan fingerprint density at radius 3 is 2.50 bits per heavy atom. The van der Waals surface area contributed by atoms with E-state index in [2.05, 4.69) is 4.74 Å². The molecule has 168 valence electrons. The molecule has 1 heterocycles. The monoisotopic (exact) mass is 443 g/mol. The van der Waals surface area contributed by atoms with Gasteiger partial charge in [0.2, 0.25) is 0 Å². The lowest BCUT2D eigenvalue weighted by Crippen LogP contribution is -2.44. The van der Waals surface area contributed by atoms with Gasteiger partial charge in [-0.25, -0.2) is 0 Å². The molecule has 0 radical (unpaired) electrons. The van der Waals surface area contributed by atoms with Gasteiger partial charge in [-0.3, -0.25) is 4.79 Å². The van der Waals surface area contributed by atoms with Gasteiger partial charge in [0, 0.05) is 24.4 Å². The molecule has 0 spiro atoms. The highest BCUT2D eigenvalue weighted by Crippen LogP contribution is 2.30. The third kappa shape index (κ3) is 5.15. The van der Waals surface area contributed by atoms with Crippen LogP contribution in [0.1, 0.15) is 36.0 Å². The van der Waals surface area contributed by atoms with Crippen LogP contribution in [0.3, 0.4) is 0 Å². The van der Waals surface area contributed by atoms with Crippen LogP contribution in [-0.2, 0) is 0 Å². The standard InChI is InChI=1S/C25H24F3NO3/c26-25(27,28)32-23-13-4-3-12-21(23)24(30)29-16-6-5-10-19(29)15-17-31-22-14-7-9-18-8-1-2-11-20(18)22/h1-4,7-9,11-14,19H,5-6,10,15-17H2. The lowest BCUT2D eigenvalue weighted by Gasteiger charge is -2.36. The second-order valence-corrected chi connectivity index (χ2v) is 7.81. The highest BCUT2D eigenvalue weighted by molar-refractivity contribution is 5.97. The maximum absolute atomic E-state index is 13.2. The van der Waals surface area contributed by atoms with Gasteiger partial charge in [0.05, 0.1) is 12.2 Å². The first-order chi connectivity index (χ1) is 15.4. The Balaban J connectivity index is 1.46. The molecule has 4 nitrogen and oxygen atoms in total. The van der Waals surface area contributed by atoms with Crippen LogP contribution in [0.2, 0.25) is 0 Å². The zero-order valence-electron chi connectivity index (χ0n) is 17.5. The lowest BCUT2D eigenvalue weighted by atomic mass is 9.98. The van der Waals surface area contributed by atoms with Crippen LogP contribution < -0.4 is 9.47 Å². The van der Waals surface area contributed by atoms with Crippen molar-refractivity contribution in [3.8, 4) is 11.5 Å². The van der Waals surface area contributed by atoms with E-state index < -0.39 is 18.0 Å². The van der Waals surface area contributed by atoms with Crippen molar-refractivity contribution < 1.29 is 27.4 Å². The summed E-state index contributed by atoms with van der Waals surface area (Å²) in [6, 6.07) is 19.2. The molecule has 0 N–H and O–H groups in total. The molecule has 1 aliphatic heterocycles. The number of carbonyl (C=O) groups is 1. The number of para-hydroxylation sites is 1. The molecule has 1 fully saturated rings. The largest absolute Gasteiger partial charge is 0.573 e. The molecule has 0 aliphatic carbocycles. The number of alkyl halides is 3. The molecule has 7 heteroatoms. The minimum Gasteiger partial charge on any atom is -0.493 e. The number of fused-ring (bicyclic) bond motifs is 1. The molecule has 4 rings (SSSR count). The first-order valence-electron chi connectivity index (χ1n) is 10.7. The van der Waals surface area contributed by atoms with Gasteiger partial charge in [-0.05, 0) is 42.8 Å². The predicted octanol–water partition coefficient (Wildman–Crippen LogP) is 6.20. The van der Waals surface area contributed by atoms with Crippen molar-refractivity contribution in [1.82, 2.24) is 4.90 Å². The summed E-state index contributed by atoms with van der Waals surface area (Å²) < 4.78 is 48.5. The normalized spacial score (nSPS) is 16.7. The number of likely N-dealkylation sites (tertiary alicyclic amines) is 1. The molecule has 32 heavy (non-hydrogen) atoms. The number of hydrogen-bond donors (Lipinski definition) is 0. The zero-order valence-corrected chi connectivity index (χ0v) is 17.5. The van der Waals surface area contributed by atoms with Crippen LogP contribution in [0.4, 0.5) is 13.2 Å². The molecule has 0 bridgehead atoms. The number of carbonyl (C=O) groups excluding carboxylic acids is 1. The number of piperidine rings is 1. The van der Waals surface area contributed by atoms with Gasteiger partial charge in [0.15, 0.2) is 0 Å². The van der Waals surface area contributed by atoms with E-state index in [1.165, 1.54) is 18.2 Å². The number of nitrogens with zero attached hydrogens (tertiary/aromatic N) is 1. The van der Waals surface area contributed by atoms with E-state index in [0.717, 1.165) is 35.8 Å². The van der Waals surface area contributed by atoms with Crippen LogP contribution in [0.5, 0.6) is 11.5 Å². The molecular weight excluding hydrogens is 419 g/mol. The number of benzene rings is 3. The summed E-state index contributed by atoms with van der Waals surface area (Å²) in [6.07, 6.45) is -1.70. The third-order valence-electron chi connectivity index (χ3n) is 5.69. The number of halogens is 3. The number of amides is 1. The van der Waals surface area contributed by atoms with E-state index in [1.54, 1.807) is 11.0 Å². The fourth-order valence-corrected chi connectivity index (χ4v) is 4.21. The van der Waals surface area contributed by atoms with Crippen LogP contribution in [0, 0.1) is 0 Å². The maximum Gasteiger partial charge on any atom is 0.573 e. The van der Waals surface area contributed by atoms with Crippen LogP contribution in [0.25, 0.3) is 10.8 Å². The molecule has 3 aromatic carbocycles. The minimum atomic E-state index is -4.86. The van der Waals surface area contributed by atoms with E-state index in [9.17, 15) is 18.0 Å². The van der Waals surface area contributed by atoms with Gasteiger partial charge < -0.3 is 14.4 Å². The molecule has 0 aromatic heterocycles. The van der Waals surface area contributed by atoms with Gasteiger partial charge in [0.25, 0.3) is 5.91 Å². The highest BCUT2D eigenvalue weighted by atomic mass is 19.4. The van der Waals surface area contributed by atoms with Crippen LogP contribution >= 0.6 is 0 Å². The zero-order chi connectivity index (χ0) is 22.6. The Morgan fingerprint density at radius 2 is 1.66 bits per heavy atom. The van der Waals surface area contributed by atoms with E-state index in [1.807, 2.05) is 42.5 Å². The molecule has 1 amide bonds. The van der Waals surface area contributed by atoms with E-state index in [0.29, 0.717) is 19.6 Å². The smallest absolute Gasteiger partial charge is 0.493 e. The Kier molecular flexibility index (Phi) is 6.53. The van der Waals surface area contributed by atoms with Crippen molar-refractivity contribution in [2.45, 2.75) is 38.1 Å². The summed E-state index contributed by atoms with van der Waals surface area (Å²) in [5.74, 6) is -0.137. The van der Waals surface area contributed by atoms with Crippen molar-refractivity contribution >= 4 is 16.7 Å². The molecule has 1 atom stereocenters. The summed E-state index contributed by atoms with van der Waals surface area (Å²) in [6.45, 7) is 0.904. The number of ether oxygens (including phenoxy) is 2. The van der Waals surface area contributed by atoms with Crippen molar-refractivity contribution in [1.29, 1.82) is 0 Å². The fraction of sp³-hybridized carbons (Fsp3) is 0.320. The first kappa shape index (κ1) is 22.0. The number of rotatable bonds is 6. The van der Waals surface area contributed by atoms with Gasteiger partial charge >= 0.3 is 6.36 Å². The number of hydrogen-bond acceptors (Lipinski definition) is 3. The summed E-state index contributed by atoms with van der Waals surface area (Å²) >= 11 is 0. The average molecular weight is 443 g/mol. The first-order valence-corrected chi connectivity index (χ1v) is 10.7. The minimum absolute atomic E-state index is 0.0771. The molecule has 1 saturated heterocycles. The summed E-state index contributed by atoms with van der Waals surface area (Å²) in [5, 5.41) is 2.10. The molecule has 1 unspecified atom stereocenters. The van der Waals surface area contributed by atoms with Gasteiger partial charge in [-0.1, -0.05) is 48.5 Å². The SMILES string of the molecule is O=C(c1ccccc1OC(F)(F)F)N1CCCCC1CCOc1cccc2ccccc12. The molecule has 1 aliphatic rings. The van der Waals surface area contributed by atoms with Crippen LogP contribution in [-0.4, -0.2) is 36.4 Å². The molecule has 0 saturated carbocycles. The summed E-state index contributed by atoms with van der Waals surface area (Å²) in [4.78, 5) is 14.8. The van der Waals surface area contributed by atoms with E-state index >= 15 is 0 Å². The Morgan fingerprint density at radius 1 is 0.938 bits per heavy atom. The molecule has 3 aromatic rings. The van der Waals surface area contributed by atoms with Crippen molar-refractivity contribution in [3.05, 3.63) is 72.3 Å². The second kappa shape index (κ2) is 9.51.